The van der Waals surface area contributed by atoms with E-state index in [4.69, 9.17) is 0 Å². The van der Waals surface area contributed by atoms with E-state index in [1.807, 2.05) is 48.3 Å². The molecular formula is C20H22N4O3S. The molecule has 1 aliphatic rings. The summed E-state index contributed by atoms with van der Waals surface area (Å²) in [6.07, 6.45) is 0. The number of amides is 1. The molecule has 8 heteroatoms. The van der Waals surface area contributed by atoms with Crippen molar-refractivity contribution in [2.75, 3.05) is 44.7 Å². The summed E-state index contributed by atoms with van der Waals surface area (Å²) in [5, 5.41) is 9.18. The first-order valence-corrected chi connectivity index (χ1v) is 10.4. The Bertz CT molecular complexity index is 978. The van der Waals surface area contributed by atoms with Crippen molar-refractivity contribution in [1.29, 1.82) is 5.26 Å². The summed E-state index contributed by atoms with van der Waals surface area (Å²) in [4.78, 5) is 16.1. The number of sulfonamides is 1. The van der Waals surface area contributed by atoms with Gasteiger partial charge in [0.1, 0.15) is 6.07 Å². The van der Waals surface area contributed by atoms with Gasteiger partial charge >= 0.3 is 0 Å². The van der Waals surface area contributed by atoms with Gasteiger partial charge in [-0.25, -0.2) is 8.42 Å². The molecule has 28 heavy (non-hydrogen) atoms. The van der Waals surface area contributed by atoms with Gasteiger partial charge in [-0.05, 0) is 24.3 Å². The van der Waals surface area contributed by atoms with Crippen molar-refractivity contribution >= 4 is 21.6 Å². The maximum absolute atomic E-state index is 12.9. The van der Waals surface area contributed by atoms with Crippen LogP contribution in [0.3, 0.4) is 0 Å². The van der Waals surface area contributed by atoms with E-state index in [9.17, 15) is 18.5 Å². The van der Waals surface area contributed by atoms with Crippen molar-refractivity contribution in [2.24, 2.45) is 0 Å². The van der Waals surface area contributed by atoms with Gasteiger partial charge in [0.05, 0.1) is 17.0 Å². The van der Waals surface area contributed by atoms with Gasteiger partial charge in [0.2, 0.25) is 15.9 Å². The van der Waals surface area contributed by atoms with Crippen LogP contribution in [0, 0.1) is 11.3 Å². The summed E-state index contributed by atoms with van der Waals surface area (Å²) >= 11 is 0. The molecule has 1 heterocycles. The van der Waals surface area contributed by atoms with E-state index in [-0.39, 0.29) is 36.0 Å². The molecule has 146 valence electrons. The lowest BCUT2D eigenvalue weighted by Gasteiger charge is -2.35. The number of nitriles is 1. The molecule has 0 unspecified atom stereocenters. The van der Waals surface area contributed by atoms with Crippen LogP contribution in [0.2, 0.25) is 0 Å². The van der Waals surface area contributed by atoms with E-state index >= 15 is 0 Å². The zero-order valence-corrected chi connectivity index (χ0v) is 16.5. The Kier molecular flexibility index (Phi) is 5.97. The van der Waals surface area contributed by atoms with Crippen LogP contribution in [0.25, 0.3) is 0 Å². The summed E-state index contributed by atoms with van der Waals surface area (Å²) < 4.78 is 27.1. The molecule has 2 aromatic rings. The number of anilines is 1. The average molecular weight is 398 g/mol. The van der Waals surface area contributed by atoms with Gasteiger partial charge in [0, 0.05) is 38.9 Å². The number of para-hydroxylation sites is 1. The van der Waals surface area contributed by atoms with Crippen LogP contribution < -0.4 is 4.90 Å². The van der Waals surface area contributed by atoms with Gasteiger partial charge in [-0.1, -0.05) is 30.3 Å². The van der Waals surface area contributed by atoms with E-state index in [0.717, 1.165) is 5.69 Å². The zero-order valence-electron chi connectivity index (χ0n) is 15.7. The van der Waals surface area contributed by atoms with Gasteiger partial charge < -0.3 is 9.80 Å². The Balaban J connectivity index is 1.62. The average Bonchev–Trinajstić information content (AvgIpc) is 2.74. The van der Waals surface area contributed by atoms with Gasteiger partial charge in [-0.3, -0.25) is 4.79 Å². The molecule has 1 fully saturated rings. The number of carbonyl (C=O) groups excluding carboxylic acids is 1. The lowest BCUT2D eigenvalue weighted by molar-refractivity contribution is -0.130. The Morgan fingerprint density at radius 3 is 2.29 bits per heavy atom. The lowest BCUT2D eigenvalue weighted by atomic mass is 10.2. The second-order valence-corrected chi connectivity index (χ2v) is 8.49. The molecule has 0 aliphatic carbocycles. The van der Waals surface area contributed by atoms with Crippen molar-refractivity contribution in [1.82, 2.24) is 9.21 Å². The molecule has 3 rings (SSSR count). The number of carbonyl (C=O) groups is 1. The number of hydrogen-bond acceptors (Lipinski definition) is 5. The predicted octanol–water partition coefficient (Wildman–Crippen LogP) is 1.53. The highest BCUT2D eigenvalue weighted by Crippen LogP contribution is 2.21. The fourth-order valence-electron chi connectivity index (χ4n) is 3.18. The summed E-state index contributed by atoms with van der Waals surface area (Å²) in [6.45, 7) is 1.31. The Labute approximate surface area is 165 Å². The van der Waals surface area contributed by atoms with Gasteiger partial charge in [-0.2, -0.15) is 9.57 Å². The smallest absolute Gasteiger partial charge is 0.244 e. The lowest BCUT2D eigenvalue weighted by Crippen LogP contribution is -2.52. The molecule has 7 nitrogen and oxygen atoms in total. The van der Waals surface area contributed by atoms with Gasteiger partial charge in [0.25, 0.3) is 0 Å². The number of nitrogens with zero attached hydrogens (tertiary/aromatic N) is 4. The number of benzene rings is 2. The normalized spacial score (nSPS) is 15.1. The second kappa shape index (κ2) is 8.42. The van der Waals surface area contributed by atoms with Crippen LogP contribution in [-0.4, -0.2) is 63.3 Å². The standard InChI is InChI=1S/C20H22N4O3S/c1-22(18-8-3-2-4-9-18)16-20(25)23-11-13-24(14-12-23)28(26,27)19-10-6-5-7-17(19)15-21/h2-10H,11-14,16H2,1H3. The summed E-state index contributed by atoms with van der Waals surface area (Å²) in [5.41, 5.74) is 1.08. The fraction of sp³-hybridized carbons (Fsp3) is 0.300. The summed E-state index contributed by atoms with van der Waals surface area (Å²) in [7, 11) is -1.90. The SMILES string of the molecule is CN(CC(=O)N1CCN(S(=O)(=O)c2ccccc2C#N)CC1)c1ccccc1. The first-order valence-electron chi connectivity index (χ1n) is 8.96. The first kappa shape index (κ1) is 19.9. The van der Waals surface area contributed by atoms with Crippen LogP contribution in [0.15, 0.2) is 59.5 Å². The molecule has 0 saturated carbocycles. The minimum atomic E-state index is -3.76. The van der Waals surface area contributed by atoms with Gasteiger partial charge in [-0.15, -0.1) is 0 Å². The largest absolute Gasteiger partial charge is 0.365 e. The quantitative estimate of drug-likeness (QED) is 0.763. The molecule has 0 atom stereocenters. The Morgan fingerprint density at radius 1 is 1.04 bits per heavy atom. The molecule has 1 aliphatic heterocycles. The molecule has 2 aromatic carbocycles. The van der Waals surface area contributed by atoms with Crippen molar-refractivity contribution in [3.63, 3.8) is 0 Å². The maximum atomic E-state index is 12.9. The van der Waals surface area contributed by atoms with Gasteiger partial charge in [0.15, 0.2) is 0 Å². The number of rotatable bonds is 5. The zero-order chi connectivity index (χ0) is 20.1. The molecule has 0 radical (unpaired) electrons. The topological polar surface area (TPSA) is 84.7 Å². The third-order valence-electron chi connectivity index (χ3n) is 4.79. The van der Waals surface area contributed by atoms with Crippen molar-refractivity contribution in [2.45, 2.75) is 4.90 Å². The third kappa shape index (κ3) is 4.16. The second-order valence-electron chi connectivity index (χ2n) is 6.58. The van der Waals surface area contributed by atoms with E-state index < -0.39 is 10.0 Å². The molecular weight excluding hydrogens is 376 g/mol. The minimum absolute atomic E-state index is 0.0149. The van der Waals surface area contributed by atoms with Crippen LogP contribution in [0.4, 0.5) is 5.69 Å². The van der Waals surface area contributed by atoms with Crippen LogP contribution >= 0.6 is 0 Å². The Hall–Kier alpha value is -2.89. The van der Waals surface area contributed by atoms with Crippen LogP contribution in [-0.2, 0) is 14.8 Å². The highest BCUT2D eigenvalue weighted by molar-refractivity contribution is 7.89. The van der Waals surface area contributed by atoms with Crippen LogP contribution in [0.1, 0.15) is 5.56 Å². The van der Waals surface area contributed by atoms with Crippen molar-refractivity contribution < 1.29 is 13.2 Å². The number of likely N-dealkylation sites (N-methyl/N-ethyl adjacent to an activating group) is 1. The number of hydrogen-bond donors (Lipinski definition) is 0. The van der Waals surface area contributed by atoms with Crippen LogP contribution in [0.5, 0.6) is 0 Å². The molecule has 1 amide bonds. The van der Waals surface area contributed by atoms with E-state index in [1.165, 1.54) is 16.4 Å². The molecule has 0 N–H and O–H groups in total. The Morgan fingerprint density at radius 2 is 1.64 bits per heavy atom. The highest BCUT2D eigenvalue weighted by atomic mass is 32.2. The van der Waals surface area contributed by atoms with Crippen molar-refractivity contribution in [3.05, 3.63) is 60.2 Å². The summed E-state index contributed by atoms with van der Waals surface area (Å²) in [6, 6.07) is 17.7. The molecule has 0 spiro atoms. The molecule has 0 aromatic heterocycles. The van der Waals surface area contributed by atoms with Crippen molar-refractivity contribution in [3.8, 4) is 6.07 Å². The monoisotopic (exact) mass is 398 g/mol. The molecule has 0 bridgehead atoms. The number of piperazine rings is 1. The molecule has 1 saturated heterocycles. The van der Waals surface area contributed by atoms with E-state index in [2.05, 4.69) is 0 Å². The minimum Gasteiger partial charge on any atom is -0.365 e. The third-order valence-corrected chi connectivity index (χ3v) is 6.74. The van der Waals surface area contributed by atoms with E-state index in [1.54, 1.807) is 17.0 Å². The highest BCUT2D eigenvalue weighted by Gasteiger charge is 2.31. The predicted molar refractivity (Wildman–Crippen MR) is 106 cm³/mol. The van der Waals surface area contributed by atoms with E-state index in [0.29, 0.717) is 13.1 Å². The first-order chi connectivity index (χ1) is 13.4. The fourth-order valence-corrected chi connectivity index (χ4v) is 4.74. The summed E-state index contributed by atoms with van der Waals surface area (Å²) in [5.74, 6) is -0.0409. The maximum Gasteiger partial charge on any atom is 0.244 e.